The van der Waals surface area contributed by atoms with Crippen LogP contribution >= 0.6 is 0 Å². The minimum Gasteiger partial charge on any atom is -0.370 e. The van der Waals surface area contributed by atoms with Crippen molar-refractivity contribution in [2.45, 2.75) is 39.7 Å². The van der Waals surface area contributed by atoms with Gasteiger partial charge in [-0.1, -0.05) is 36.4 Å². The van der Waals surface area contributed by atoms with Crippen molar-refractivity contribution < 1.29 is 9.59 Å². The van der Waals surface area contributed by atoms with Crippen LogP contribution in [0.15, 0.2) is 42.5 Å². The Morgan fingerprint density at radius 1 is 1.00 bits per heavy atom. The van der Waals surface area contributed by atoms with Gasteiger partial charge in [0.15, 0.2) is 0 Å². The Hall–Kier alpha value is -2.82. The predicted molar refractivity (Wildman–Crippen MR) is 109 cm³/mol. The van der Waals surface area contributed by atoms with Gasteiger partial charge in [0.25, 0.3) is 0 Å². The third-order valence-corrected chi connectivity index (χ3v) is 5.07. The quantitative estimate of drug-likeness (QED) is 0.841. The number of nitrogens with zero attached hydrogens (tertiary/aromatic N) is 1. The molecule has 5 heteroatoms. The van der Waals surface area contributed by atoms with Crippen LogP contribution in [0.4, 0.5) is 11.4 Å². The topological polar surface area (TPSA) is 61.4 Å². The van der Waals surface area contributed by atoms with Crippen LogP contribution in [0.3, 0.4) is 0 Å². The van der Waals surface area contributed by atoms with E-state index in [-0.39, 0.29) is 11.8 Å². The minimum absolute atomic E-state index is 0.0970. The summed E-state index contributed by atoms with van der Waals surface area (Å²) in [5.41, 5.74) is 4.52. The Bertz CT molecular complexity index is 827. The van der Waals surface area contributed by atoms with Gasteiger partial charge < -0.3 is 15.5 Å². The normalized spacial score (nSPS) is 14.7. The molecule has 0 radical (unpaired) electrons. The van der Waals surface area contributed by atoms with Crippen molar-refractivity contribution in [3.05, 3.63) is 59.2 Å². The molecule has 1 saturated heterocycles. The van der Waals surface area contributed by atoms with Gasteiger partial charge in [0.05, 0.1) is 0 Å². The molecule has 3 rings (SSSR count). The Balaban J connectivity index is 1.95. The summed E-state index contributed by atoms with van der Waals surface area (Å²) in [5, 5.41) is 6.34. The lowest BCUT2D eigenvalue weighted by Gasteiger charge is -2.26. The number of amides is 2. The number of anilines is 2. The number of hydrogen-bond donors (Lipinski definition) is 2. The van der Waals surface area contributed by atoms with E-state index in [1.54, 1.807) is 0 Å². The molecular weight excluding hydrogens is 338 g/mol. The average Bonchev–Trinajstić information content (AvgIpc) is 3.19. The van der Waals surface area contributed by atoms with Gasteiger partial charge in [-0.15, -0.1) is 0 Å². The molecule has 0 aromatic heterocycles. The van der Waals surface area contributed by atoms with Gasteiger partial charge in [-0.05, 0) is 49.4 Å². The second-order valence-electron chi connectivity index (χ2n) is 7.13. The summed E-state index contributed by atoms with van der Waals surface area (Å²) in [7, 11) is 0. The van der Waals surface area contributed by atoms with Crippen molar-refractivity contribution in [3.8, 4) is 0 Å². The summed E-state index contributed by atoms with van der Waals surface area (Å²) in [5.74, 6) is -0.00847. The molecule has 2 aromatic rings. The van der Waals surface area contributed by atoms with Crippen molar-refractivity contribution >= 4 is 23.2 Å². The van der Waals surface area contributed by atoms with Crippen LogP contribution in [-0.4, -0.2) is 29.8 Å². The zero-order valence-electron chi connectivity index (χ0n) is 16.2. The molecule has 2 amide bonds. The van der Waals surface area contributed by atoms with E-state index < -0.39 is 6.04 Å². The van der Waals surface area contributed by atoms with Crippen LogP contribution in [0, 0.1) is 13.8 Å². The van der Waals surface area contributed by atoms with Crippen molar-refractivity contribution in [1.82, 2.24) is 4.90 Å². The molecule has 2 N–H and O–H groups in total. The summed E-state index contributed by atoms with van der Waals surface area (Å²) in [6.45, 7) is 7.06. The second kappa shape index (κ2) is 8.25. The molecule has 27 heavy (non-hydrogen) atoms. The number of rotatable bonds is 5. The molecule has 5 nitrogen and oxygen atoms in total. The lowest BCUT2D eigenvalue weighted by atomic mass is 10.0. The standard InChI is InChI=1S/C22H27N3O2/c1-15-11-12-19(16(2)20(15)23-17(3)26)24-21(18-9-5-4-6-10-18)22(27)25-13-7-8-14-25/h4-6,9-12,21,24H,7-8,13-14H2,1-3H3,(H,23,26)/t21-/m1/s1. The Kier molecular flexibility index (Phi) is 5.79. The summed E-state index contributed by atoms with van der Waals surface area (Å²) in [6, 6.07) is 13.3. The minimum atomic E-state index is -0.448. The first-order chi connectivity index (χ1) is 13.0. The van der Waals surface area contributed by atoms with Crippen molar-refractivity contribution in [2.24, 2.45) is 0 Å². The highest BCUT2D eigenvalue weighted by Crippen LogP contribution is 2.31. The number of likely N-dealkylation sites (tertiary alicyclic amines) is 1. The second-order valence-corrected chi connectivity index (χ2v) is 7.13. The average molecular weight is 365 g/mol. The fourth-order valence-corrected chi connectivity index (χ4v) is 3.58. The van der Waals surface area contributed by atoms with Crippen LogP contribution in [0.25, 0.3) is 0 Å². The lowest BCUT2D eigenvalue weighted by Crippen LogP contribution is -2.36. The summed E-state index contributed by atoms with van der Waals surface area (Å²) >= 11 is 0. The van der Waals surface area contributed by atoms with Gasteiger partial charge in [0, 0.05) is 31.4 Å². The van der Waals surface area contributed by atoms with E-state index in [1.807, 2.05) is 61.2 Å². The maximum absolute atomic E-state index is 13.2. The molecule has 1 aliphatic heterocycles. The van der Waals surface area contributed by atoms with Crippen LogP contribution < -0.4 is 10.6 Å². The zero-order chi connectivity index (χ0) is 19.4. The largest absolute Gasteiger partial charge is 0.370 e. The number of carbonyl (C=O) groups is 2. The number of carbonyl (C=O) groups excluding carboxylic acids is 2. The molecule has 142 valence electrons. The number of hydrogen-bond acceptors (Lipinski definition) is 3. The van der Waals surface area contributed by atoms with Gasteiger partial charge in [-0.25, -0.2) is 0 Å². The molecule has 0 bridgehead atoms. The SMILES string of the molecule is CC(=O)Nc1c(C)ccc(N[C@@H](C(=O)N2CCCC2)c2ccccc2)c1C. The highest BCUT2D eigenvalue weighted by molar-refractivity contribution is 5.92. The molecule has 1 heterocycles. The van der Waals surface area contributed by atoms with E-state index in [0.717, 1.165) is 54.0 Å². The molecule has 0 unspecified atom stereocenters. The fraction of sp³-hybridized carbons (Fsp3) is 0.364. The van der Waals surface area contributed by atoms with E-state index in [2.05, 4.69) is 10.6 Å². The molecule has 0 aliphatic carbocycles. The number of aryl methyl sites for hydroxylation is 1. The highest BCUT2D eigenvalue weighted by atomic mass is 16.2. The Morgan fingerprint density at radius 3 is 2.30 bits per heavy atom. The maximum Gasteiger partial charge on any atom is 0.249 e. The predicted octanol–water partition coefficient (Wildman–Crippen LogP) is 4.04. The highest BCUT2D eigenvalue weighted by Gasteiger charge is 2.28. The van der Waals surface area contributed by atoms with Crippen LogP contribution in [-0.2, 0) is 9.59 Å². The molecular formula is C22H27N3O2. The monoisotopic (exact) mass is 365 g/mol. The van der Waals surface area contributed by atoms with Crippen LogP contribution in [0.5, 0.6) is 0 Å². The Labute approximate surface area is 160 Å². The van der Waals surface area contributed by atoms with Gasteiger partial charge in [0.2, 0.25) is 11.8 Å². The van der Waals surface area contributed by atoms with E-state index in [0.29, 0.717) is 0 Å². The van der Waals surface area contributed by atoms with E-state index in [1.165, 1.54) is 6.92 Å². The fourth-order valence-electron chi connectivity index (χ4n) is 3.58. The smallest absolute Gasteiger partial charge is 0.249 e. The van der Waals surface area contributed by atoms with Gasteiger partial charge in [-0.3, -0.25) is 9.59 Å². The molecule has 1 atom stereocenters. The van der Waals surface area contributed by atoms with Gasteiger partial charge in [0.1, 0.15) is 6.04 Å². The first-order valence-electron chi connectivity index (χ1n) is 9.45. The summed E-state index contributed by atoms with van der Waals surface area (Å²) < 4.78 is 0. The van der Waals surface area contributed by atoms with E-state index in [9.17, 15) is 9.59 Å². The number of benzene rings is 2. The molecule has 1 aliphatic rings. The molecule has 0 spiro atoms. The number of nitrogens with one attached hydrogen (secondary N) is 2. The van der Waals surface area contributed by atoms with Crippen molar-refractivity contribution in [3.63, 3.8) is 0 Å². The van der Waals surface area contributed by atoms with Gasteiger partial charge >= 0.3 is 0 Å². The first-order valence-corrected chi connectivity index (χ1v) is 9.45. The van der Waals surface area contributed by atoms with Crippen molar-refractivity contribution in [2.75, 3.05) is 23.7 Å². The Morgan fingerprint density at radius 2 is 1.67 bits per heavy atom. The third-order valence-electron chi connectivity index (χ3n) is 5.07. The van der Waals surface area contributed by atoms with Gasteiger partial charge in [-0.2, -0.15) is 0 Å². The van der Waals surface area contributed by atoms with Crippen LogP contribution in [0.2, 0.25) is 0 Å². The van der Waals surface area contributed by atoms with E-state index >= 15 is 0 Å². The van der Waals surface area contributed by atoms with E-state index in [4.69, 9.17) is 0 Å². The molecule has 1 fully saturated rings. The first kappa shape index (κ1) is 19.0. The molecule has 2 aromatic carbocycles. The maximum atomic E-state index is 13.2. The summed E-state index contributed by atoms with van der Waals surface area (Å²) in [4.78, 5) is 26.7. The van der Waals surface area contributed by atoms with Crippen molar-refractivity contribution in [1.29, 1.82) is 0 Å². The van der Waals surface area contributed by atoms with Crippen LogP contribution in [0.1, 0.15) is 42.5 Å². The molecule has 0 saturated carbocycles. The lowest BCUT2D eigenvalue weighted by molar-refractivity contribution is -0.131. The zero-order valence-corrected chi connectivity index (χ0v) is 16.2. The summed E-state index contributed by atoms with van der Waals surface area (Å²) in [6.07, 6.45) is 2.12. The third kappa shape index (κ3) is 4.30.